The van der Waals surface area contributed by atoms with Crippen molar-refractivity contribution < 1.29 is 14.7 Å². The van der Waals surface area contributed by atoms with E-state index in [0.29, 0.717) is 12.1 Å². The summed E-state index contributed by atoms with van der Waals surface area (Å²) in [6.07, 6.45) is 7.49. The Bertz CT molecular complexity index is 415. The summed E-state index contributed by atoms with van der Waals surface area (Å²) in [4.78, 5) is 22.2. The highest BCUT2D eigenvalue weighted by molar-refractivity contribution is 5.93. The molecule has 0 saturated heterocycles. The second-order valence-electron chi connectivity index (χ2n) is 4.45. The first kappa shape index (κ1) is 15.2. The summed E-state index contributed by atoms with van der Waals surface area (Å²) in [6.45, 7) is 3.09. The molecule has 6 heteroatoms. The molecule has 1 rings (SSSR count). The van der Waals surface area contributed by atoms with Gasteiger partial charge in [-0.3, -0.25) is 14.3 Å². The highest BCUT2D eigenvalue weighted by atomic mass is 16.4. The topological polar surface area (TPSA) is 84.2 Å². The first-order valence-electron chi connectivity index (χ1n) is 6.66. The molecule has 0 saturated carbocycles. The van der Waals surface area contributed by atoms with E-state index in [4.69, 9.17) is 5.11 Å². The van der Waals surface area contributed by atoms with Crippen molar-refractivity contribution in [1.29, 1.82) is 0 Å². The van der Waals surface area contributed by atoms with Crippen molar-refractivity contribution in [3.05, 3.63) is 18.0 Å². The first-order valence-corrected chi connectivity index (χ1v) is 6.66. The van der Waals surface area contributed by atoms with Gasteiger partial charge in [-0.1, -0.05) is 26.2 Å². The number of hydrogen-bond donors (Lipinski definition) is 2. The number of aromatic nitrogens is 2. The molecule has 1 heterocycles. The van der Waals surface area contributed by atoms with Gasteiger partial charge in [0.05, 0.1) is 24.7 Å². The zero-order valence-corrected chi connectivity index (χ0v) is 11.3. The summed E-state index contributed by atoms with van der Waals surface area (Å²) in [5, 5.41) is 15.3. The summed E-state index contributed by atoms with van der Waals surface area (Å²) < 4.78 is 1.47. The van der Waals surface area contributed by atoms with Crippen LogP contribution in [0.5, 0.6) is 0 Å². The Hall–Kier alpha value is -1.85. The third kappa shape index (κ3) is 6.03. The molecular weight excluding hydrogens is 246 g/mol. The Kier molecular flexibility index (Phi) is 6.63. The quantitative estimate of drug-likeness (QED) is 0.666. The Morgan fingerprint density at radius 3 is 2.84 bits per heavy atom. The number of rotatable bonds is 9. The van der Waals surface area contributed by atoms with E-state index < -0.39 is 5.97 Å². The fraction of sp³-hybridized carbons (Fsp3) is 0.615. The molecule has 6 nitrogen and oxygen atoms in total. The van der Waals surface area contributed by atoms with E-state index >= 15 is 0 Å². The monoisotopic (exact) mass is 267 g/mol. The number of nitrogens with zero attached hydrogens (tertiary/aromatic N) is 2. The standard InChI is InChI=1S/C13H21N3O3/c1-2-3-4-5-7-14-13(19)11-9-15-16(10-11)8-6-12(17)18/h9-10H,2-8H2,1H3,(H,14,19)(H,17,18). The van der Waals surface area contributed by atoms with Crippen LogP contribution in [-0.2, 0) is 11.3 Å². The van der Waals surface area contributed by atoms with Gasteiger partial charge in [0.25, 0.3) is 5.91 Å². The van der Waals surface area contributed by atoms with Gasteiger partial charge in [0.15, 0.2) is 0 Å². The van der Waals surface area contributed by atoms with Crippen molar-refractivity contribution in [1.82, 2.24) is 15.1 Å². The maximum absolute atomic E-state index is 11.7. The van der Waals surface area contributed by atoms with Gasteiger partial charge < -0.3 is 10.4 Å². The molecule has 0 aromatic carbocycles. The molecule has 106 valence electrons. The number of amides is 1. The molecule has 2 N–H and O–H groups in total. The number of carboxylic acids is 1. The van der Waals surface area contributed by atoms with E-state index in [1.165, 1.54) is 23.7 Å². The van der Waals surface area contributed by atoms with Crippen LogP contribution in [0.3, 0.4) is 0 Å². The van der Waals surface area contributed by atoms with E-state index in [-0.39, 0.29) is 18.9 Å². The molecule has 19 heavy (non-hydrogen) atoms. The number of hydrogen-bond acceptors (Lipinski definition) is 3. The Balaban J connectivity index is 2.30. The maximum atomic E-state index is 11.7. The molecule has 0 unspecified atom stereocenters. The molecule has 0 fully saturated rings. The molecule has 0 aliphatic carbocycles. The molecular formula is C13H21N3O3. The molecule has 0 radical (unpaired) electrons. The number of carbonyl (C=O) groups excluding carboxylic acids is 1. The van der Waals surface area contributed by atoms with E-state index in [1.807, 2.05) is 0 Å². The third-order valence-electron chi connectivity index (χ3n) is 2.77. The van der Waals surface area contributed by atoms with Crippen LogP contribution in [0.15, 0.2) is 12.4 Å². The van der Waals surface area contributed by atoms with E-state index in [2.05, 4.69) is 17.3 Å². The van der Waals surface area contributed by atoms with Gasteiger partial charge in [0.2, 0.25) is 0 Å². The van der Waals surface area contributed by atoms with Gasteiger partial charge in [-0.05, 0) is 6.42 Å². The summed E-state index contributed by atoms with van der Waals surface area (Å²) in [7, 11) is 0. The molecule has 0 spiro atoms. The number of nitrogens with one attached hydrogen (secondary N) is 1. The molecule has 1 aromatic heterocycles. The number of aliphatic carboxylic acids is 1. The molecule has 0 atom stereocenters. The summed E-state index contributed by atoms with van der Waals surface area (Å²) in [5.74, 6) is -1.03. The molecule has 0 aliphatic rings. The van der Waals surface area contributed by atoms with Crippen molar-refractivity contribution in [2.24, 2.45) is 0 Å². The van der Waals surface area contributed by atoms with Gasteiger partial charge in [0, 0.05) is 12.7 Å². The summed E-state index contributed by atoms with van der Waals surface area (Å²) in [5.41, 5.74) is 0.473. The predicted octanol–water partition coefficient (Wildman–Crippen LogP) is 1.67. The van der Waals surface area contributed by atoms with Crippen molar-refractivity contribution in [3.8, 4) is 0 Å². The van der Waals surface area contributed by atoms with Crippen molar-refractivity contribution >= 4 is 11.9 Å². The predicted molar refractivity (Wildman–Crippen MR) is 71.0 cm³/mol. The van der Waals surface area contributed by atoms with Gasteiger partial charge >= 0.3 is 5.97 Å². The normalized spacial score (nSPS) is 10.4. The SMILES string of the molecule is CCCCCCNC(=O)c1cnn(CCC(=O)O)c1. The zero-order valence-electron chi connectivity index (χ0n) is 11.3. The first-order chi connectivity index (χ1) is 9.13. The van der Waals surface area contributed by atoms with Crippen LogP contribution in [0.4, 0.5) is 0 Å². The van der Waals surface area contributed by atoms with E-state index in [1.54, 1.807) is 6.20 Å². The molecule has 0 aliphatic heterocycles. The van der Waals surface area contributed by atoms with Crippen LogP contribution in [0.1, 0.15) is 49.4 Å². The van der Waals surface area contributed by atoms with Crippen LogP contribution in [-0.4, -0.2) is 33.3 Å². The van der Waals surface area contributed by atoms with Crippen molar-refractivity contribution in [2.75, 3.05) is 6.54 Å². The average Bonchev–Trinajstić information content (AvgIpc) is 2.84. The number of carbonyl (C=O) groups is 2. The lowest BCUT2D eigenvalue weighted by Crippen LogP contribution is -2.24. The molecule has 1 amide bonds. The van der Waals surface area contributed by atoms with Gasteiger partial charge in [-0.25, -0.2) is 0 Å². The number of unbranched alkanes of at least 4 members (excludes halogenated alkanes) is 3. The highest BCUT2D eigenvalue weighted by Gasteiger charge is 2.08. The lowest BCUT2D eigenvalue weighted by atomic mass is 10.2. The summed E-state index contributed by atoms with van der Waals surface area (Å²) in [6, 6.07) is 0. The van der Waals surface area contributed by atoms with Crippen LogP contribution in [0.2, 0.25) is 0 Å². The van der Waals surface area contributed by atoms with Crippen LogP contribution in [0, 0.1) is 0 Å². The lowest BCUT2D eigenvalue weighted by molar-refractivity contribution is -0.137. The van der Waals surface area contributed by atoms with E-state index in [9.17, 15) is 9.59 Å². The Morgan fingerprint density at radius 2 is 2.16 bits per heavy atom. The molecule has 1 aromatic rings. The minimum absolute atomic E-state index is 0.000241. The van der Waals surface area contributed by atoms with E-state index in [0.717, 1.165) is 12.8 Å². The van der Waals surface area contributed by atoms with Crippen LogP contribution >= 0.6 is 0 Å². The summed E-state index contributed by atoms with van der Waals surface area (Å²) >= 11 is 0. The fourth-order valence-electron chi connectivity index (χ4n) is 1.67. The van der Waals surface area contributed by atoms with Crippen LogP contribution in [0.25, 0.3) is 0 Å². The third-order valence-corrected chi connectivity index (χ3v) is 2.77. The second-order valence-corrected chi connectivity index (χ2v) is 4.45. The van der Waals surface area contributed by atoms with Crippen molar-refractivity contribution in [3.63, 3.8) is 0 Å². The van der Waals surface area contributed by atoms with Gasteiger partial charge in [-0.15, -0.1) is 0 Å². The average molecular weight is 267 g/mol. The number of aryl methyl sites for hydroxylation is 1. The second kappa shape index (κ2) is 8.29. The lowest BCUT2D eigenvalue weighted by Gasteiger charge is -2.02. The Morgan fingerprint density at radius 1 is 1.37 bits per heavy atom. The largest absolute Gasteiger partial charge is 0.481 e. The number of carboxylic acid groups (broad SMARTS) is 1. The minimum atomic E-state index is -0.877. The fourth-order valence-corrected chi connectivity index (χ4v) is 1.67. The maximum Gasteiger partial charge on any atom is 0.305 e. The van der Waals surface area contributed by atoms with Gasteiger partial charge in [-0.2, -0.15) is 5.10 Å². The zero-order chi connectivity index (χ0) is 14.1. The van der Waals surface area contributed by atoms with Crippen molar-refractivity contribution in [2.45, 2.75) is 45.6 Å². The van der Waals surface area contributed by atoms with Gasteiger partial charge in [0.1, 0.15) is 0 Å². The highest BCUT2D eigenvalue weighted by Crippen LogP contribution is 2.01. The Labute approximate surface area is 112 Å². The van der Waals surface area contributed by atoms with Crippen LogP contribution < -0.4 is 5.32 Å². The minimum Gasteiger partial charge on any atom is -0.481 e. The molecule has 0 bridgehead atoms. The smallest absolute Gasteiger partial charge is 0.305 e.